The highest BCUT2D eigenvalue weighted by Crippen LogP contribution is 2.28. The quantitative estimate of drug-likeness (QED) is 0.632. The molecular formula is C18H15N3O2. The number of aromatic carboxylic acids is 1. The molecule has 0 amide bonds. The highest BCUT2D eigenvalue weighted by Gasteiger charge is 2.16. The van der Waals surface area contributed by atoms with Crippen LogP contribution in [0.2, 0.25) is 0 Å². The molecule has 23 heavy (non-hydrogen) atoms. The van der Waals surface area contributed by atoms with Crippen LogP contribution in [0.1, 0.15) is 15.9 Å². The molecule has 0 saturated heterocycles. The van der Waals surface area contributed by atoms with Gasteiger partial charge in [-0.3, -0.25) is 4.68 Å². The van der Waals surface area contributed by atoms with Gasteiger partial charge in [-0.2, -0.15) is 5.10 Å². The number of fused-ring (bicyclic) bond motifs is 3. The molecule has 0 atom stereocenters. The van der Waals surface area contributed by atoms with E-state index in [1.807, 2.05) is 52.8 Å². The van der Waals surface area contributed by atoms with E-state index in [0.29, 0.717) is 12.1 Å². The first kappa shape index (κ1) is 13.6. The van der Waals surface area contributed by atoms with Crippen LogP contribution in [0.15, 0.2) is 54.9 Å². The van der Waals surface area contributed by atoms with Gasteiger partial charge in [-0.1, -0.05) is 30.3 Å². The van der Waals surface area contributed by atoms with Crippen molar-refractivity contribution in [1.82, 2.24) is 14.3 Å². The van der Waals surface area contributed by atoms with Crippen LogP contribution < -0.4 is 0 Å². The Kier molecular flexibility index (Phi) is 2.94. The Hall–Kier alpha value is -3.08. The van der Waals surface area contributed by atoms with Gasteiger partial charge in [0.15, 0.2) is 0 Å². The van der Waals surface area contributed by atoms with E-state index >= 15 is 0 Å². The maximum Gasteiger partial charge on any atom is 0.337 e. The number of nitrogens with zero attached hydrogens (tertiary/aromatic N) is 3. The molecule has 2 aromatic heterocycles. The lowest BCUT2D eigenvalue weighted by Crippen LogP contribution is -1.99. The van der Waals surface area contributed by atoms with Crippen LogP contribution in [0.4, 0.5) is 0 Å². The fourth-order valence-corrected chi connectivity index (χ4v) is 3.08. The Labute approximate surface area is 132 Å². The van der Waals surface area contributed by atoms with Crippen LogP contribution >= 0.6 is 0 Å². The Morgan fingerprint density at radius 3 is 2.61 bits per heavy atom. The number of carbonyl (C=O) groups is 1. The van der Waals surface area contributed by atoms with Crippen LogP contribution in [0.5, 0.6) is 0 Å². The molecule has 0 aliphatic carbocycles. The molecule has 2 aromatic carbocycles. The summed E-state index contributed by atoms with van der Waals surface area (Å²) in [4.78, 5) is 11.4. The summed E-state index contributed by atoms with van der Waals surface area (Å²) in [5, 5.41) is 15.7. The van der Waals surface area contributed by atoms with Crippen molar-refractivity contribution in [3.63, 3.8) is 0 Å². The number of carboxylic acid groups (broad SMARTS) is 1. The smallest absolute Gasteiger partial charge is 0.337 e. The summed E-state index contributed by atoms with van der Waals surface area (Å²) in [6.07, 6.45) is 3.64. The third-order valence-corrected chi connectivity index (χ3v) is 4.09. The Balaban J connectivity index is 1.88. The van der Waals surface area contributed by atoms with E-state index in [1.54, 1.807) is 6.20 Å². The van der Waals surface area contributed by atoms with Gasteiger partial charge in [-0.05, 0) is 17.7 Å². The molecule has 4 aromatic rings. The second-order valence-electron chi connectivity index (χ2n) is 5.67. The number of carboxylic acids is 1. The highest BCUT2D eigenvalue weighted by atomic mass is 16.4. The molecule has 5 nitrogen and oxygen atoms in total. The van der Waals surface area contributed by atoms with Gasteiger partial charge in [0.05, 0.1) is 23.1 Å². The maximum atomic E-state index is 11.4. The average molecular weight is 305 g/mol. The van der Waals surface area contributed by atoms with E-state index < -0.39 is 5.97 Å². The second-order valence-corrected chi connectivity index (χ2v) is 5.67. The van der Waals surface area contributed by atoms with Gasteiger partial charge in [-0.25, -0.2) is 4.79 Å². The minimum Gasteiger partial charge on any atom is -0.478 e. The van der Waals surface area contributed by atoms with Crippen molar-refractivity contribution in [2.75, 3.05) is 0 Å². The highest BCUT2D eigenvalue weighted by molar-refractivity contribution is 6.12. The van der Waals surface area contributed by atoms with Crippen molar-refractivity contribution >= 4 is 27.8 Å². The maximum absolute atomic E-state index is 11.4. The number of aromatic nitrogens is 3. The topological polar surface area (TPSA) is 60.1 Å². The number of benzene rings is 2. The molecule has 0 spiro atoms. The summed E-state index contributed by atoms with van der Waals surface area (Å²) in [7, 11) is 1.86. The minimum absolute atomic E-state index is 0.320. The first-order valence-corrected chi connectivity index (χ1v) is 7.36. The van der Waals surface area contributed by atoms with Crippen molar-refractivity contribution in [3.8, 4) is 0 Å². The van der Waals surface area contributed by atoms with E-state index in [1.165, 1.54) is 5.56 Å². The normalized spacial score (nSPS) is 11.3. The fourth-order valence-electron chi connectivity index (χ4n) is 3.08. The van der Waals surface area contributed by atoms with Crippen LogP contribution in [-0.4, -0.2) is 25.4 Å². The Bertz CT molecular complexity index is 1030. The fraction of sp³-hybridized carbons (Fsp3) is 0.111. The van der Waals surface area contributed by atoms with E-state index in [4.69, 9.17) is 0 Å². The molecule has 0 unspecified atom stereocenters. The van der Waals surface area contributed by atoms with Crippen molar-refractivity contribution in [1.29, 1.82) is 0 Å². The average Bonchev–Trinajstić information content (AvgIpc) is 3.08. The summed E-state index contributed by atoms with van der Waals surface area (Å²) in [6, 6.07) is 13.8. The van der Waals surface area contributed by atoms with Gasteiger partial charge in [0.25, 0.3) is 0 Å². The van der Waals surface area contributed by atoms with Gasteiger partial charge >= 0.3 is 5.97 Å². The lowest BCUT2D eigenvalue weighted by atomic mass is 10.1. The van der Waals surface area contributed by atoms with Gasteiger partial charge in [-0.15, -0.1) is 0 Å². The number of hydrogen-bond donors (Lipinski definition) is 1. The van der Waals surface area contributed by atoms with E-state index in [-0.39, 0.29) is 0 Å². The van der Waals surface area contributed by atoms with Crippen molar-refractivity contribution in [3.05, 3.63) is 66.0 Å². The zero-order valence-corrected chi connectivity index (χ0v) is 12.6. The molecule has 0 aliphatic rings. The second kappa shape index (κ2) is 4.98. The summed E-state index contributed by atoms with van der Waals surface area (Å²) < 4.78 is 3.75. The van der Waals surface area contributed by atoms with Crippen molar-refractivity contribution in [2.45, 2.75) is 6.54 Å². The minimum atomic E-state index is -0.911. The third kappa shape index (κ3) is 2.17. The molecule has 114 valence electrons. The standard InChI is InChI=1S/C18H15N3O2/c1-20-10-14(18(22)23)13-7-8-16-15(17(13)20)11-21(19-16)9-12-5-3-2-4-6-12/h2-8,10-11H,9H2,1H3,(H,22,23). The lowest BCUT2D eigenvalue weighted by molar-refractivity contribution is 0.0699. The molecule has 0 fully saturated rings. The molecule has 5 heteroatoms. The van der Waals surface area contributed by atoms with Crippen LogP contribution in [-0.2, 0) is 13.6 Å². The van der Waals surface area contributed by atoms with Gasteiger partial charge in [0.1, 0.15) is 0 Å². The molecule has 0 saturated carbocycles. The predicted molar refractivity (Wildman–Crippen MR) is 88.7 cm³/mol. The number of hydrogen-bond acceptors (Lipinski definition) is 2. The molecule has 2 heterocycles. The first-order valence-electron chi connectivity index (χ1n) is 7.36. The third-order valence-electron chi connectivity index (χ3n) is 4.09. The SMILES string of the molecule is Cn1cc(C(=O)O)c2ccc3nn(Cc4ccccc4)cc3c21. The Morgan fingerprint density at radius 1 is 1.09 bits per heavy atom. The largest absolute Gasteiger partial charge is 0.478 e. The molecule has 4 rings (SSSR count). The van der Waals surface area contributed by atoms with Crippen LogP contribution in [0.25, 0.3) is 21.8 Å². The molecule has 1 N–H and O–H groups in total. The molecular weight excluding hydrogens is 290 g/mol. The predicted octanol–water partition coefficient (Wildman–Crippen LogP) is 3.27. The van der Waals surface area contributed by atoms with Gasteiger partial charge in [0.2, 0.25) is 0 Å². The Morgan fingerprint density at radius 2 is 1.87 bits per heavy atom. The summed E-state index contributed by atoms with van der Waals surface area (Å²) in [5.74, 6) is -0.911. The molecule has 0 radical (unpaired) electrons. The molecule has 0 bridgehead atoms. The first-order chi connectivity index (χ1) is 11.1. The summed E-state index contributed by atoms with van der Waals surface area (Å²) in [6.45, 7) is 0.688. The van der Waals surface area contributed by atoms with Crippen molar-refractivity contribution < 1.29 is 9.90 Å². The zero-order chi connectivity index (χ0) is 16.0. The van der Waals surface area contributed by atoms with E-state index in [0.717, 1.165) is 21.8 Å². The van der Waals surface area contributed by atoms with E-state index in [2.05, 4.69) is 17.2 Å². The molecule has 0 aliphatic heterocycles. The lowest BCUT2D eigenvalue weighted by Gasteiger charge is -2.00. The van der Waals surface area contributed by atoms with Gasteiger partial charge in [0, 0.05) is 30.2 Å². The number of rotatable bonds is 3. The van der Waals surface area contributed by atoms with Gasteiger partial charge < -0.3 is 9.67 Å². The van der Waals surface area contributed by atoms with Crippen LogP contribution in [0, 0.1) is 0 Å². The van der Waals surface area contributed by atoms with E-state index in [9.17, 15) is 9.90 Å². The summed E-state index contributed by atoms with van der Waals surface area (Å²) >= 11 is 0. The summed E-state index contributed by atoms with van der Waals surface area (Å²) in [5.41, 5.74) is 3.26. The van der Waals surface area contributed by atoms with Crippen molar-refractivity contribution in [2.24, 2.45) is 7.05 Å². The number of aryl methyl sites for hydroxylation is 1. The monoisotopic (exact) mass is 305 g/mol. The van der Waals surface area contributed by atoms with Crippen LogP contribution in [0.3, 0.4) is 0 Å². The zero-order valence-electron chi connectivity index (χ0n) is 12.6.